The second-order valence-corrected chi connectivity index (χ2v) is 5.29. The van der Waals surface area contributed by atoms with Crippen molar-refractivity contribution in [2.24, 2.45) is 0 Å². The van der Waals surface area contributed by atoms with E-state index in [1.807, 2.05) is 29.2 Å². The topological polar surface area (TPSA) is 42.0 Å². The van der Waals surface area contributed by atoms with Crippen LogP contribution in [0.4, 0.5) is 0 Å². The highest BCUT2D eigenvalue weighted by atomic mass is 16.5. The number of amides is 1. The first kappa shape index (κ1) is 15.6. The van der Waals surface area contributed by atoms with E-state index in [2.05, 4.69) is 18.9 Å². The largest absolute Gasteiger partial charge is 0.494 e. The predicted octanol–water partition coefficient (Wildman–Crippen LogP) is 1.63. The van der Waals surface area contributed by atoms with Crippen molar-refractivity contribution < 1.29 is 14.3 Å². The molecule has 0 atom stereocenters. The lowest BCUT2D eigenvalue weighted by molar-refractivity contribution is -0.134. The molecule has 21 heavy (non-hydrogen) atoms. The smallest absolute Gasteiger partial charge is 0.260 e. The van der Waals surface area contributed by atoms with E-state index in [0.29, 0.717) is 12.4 Å². The number of carbonyl (C=O) groups is 1. The molecule has 1 aromatic carbocycles. The van der Waals surface area contributed by atoms with Crippen LogP contribution in [0.1, 0.15) is 13.3 Å². The fraction of sp³-hybridized carbons (Fsp3) is 0.562. The summed E-state index contributed by atoms with van der Waals surface area (Å²) in [5.74, 6) is 1.57. The Kier molecular flexibility index (Phi) is 5.87. The van der Waals surface area contributed by atoms with Gasteiger partial charge in [0.1, 0.15) is 11.5 Å². The number of piperazine rings is 1. The summed E-state index contributed by atoms with van der Waals surface area (Å²) in [6, 6.07) is 7.40. The minimum Gasteiger partial charge on any atom is -0.494 e. The molecule has 0 unspecified atom stereocenters. The van der Waals surface area contributed by atoms with Gasteiger partial charge in [-0.3, -0.25) is 4.79 Å². The Labute approximate surface area is 126 Å². The van der Waals surface area contributed by atoms with Gasteiger partial charge in [-0.2, -0.15) is 0 Å². The average Bonchev–Trinajstić information content (AvgIpc) is 2.52. The van der Waals surface area contributed by atoms with Gasteiger partial charge in [-0.15, -0.1) is 0 Å². The zero-order valence-electron chi connectivity index (χ0n) is 12.9. The molecule has 1 aliphatic rings. The molecule has 0 aromatic heterocycles. The summed E-state index contributed by atoms with van der Waals surface area (Å²) < 4.78 is 11.1. The van der Waals surface area contributed by atoms with E-state index in [-0.39, 0.29) is 12.5 Å². The van der Waals surface area contributed by atoms with Gasteiger partial charge in [0, 0.05) is 26.2 Å². The van der Waals surface area contributed by atoms with Gasteiger partial charge in [0.2, 0.25) is 0 Å². The van der Waals surface area contributed by atoms with E-state index >= 15 is 0 Å². The molecule has 116 valence electrons. The van der Waals surface area contributed by atoms with E-state index in [1.54, 1.807) is 0 Å². The SMILES string of the molecule is CCCOc1ccc(OCC(=O)N2CCN(C)CC2)cc1. The summed E-state index contributed by atoms with van der Waals surface area (Å²) in [7, 11) is 2.07. The van der Waals surface area contributed by atoms with Crippen LogP contribution < -0.4 is 9.47 Å². The Balaban J connectivity index is 1.75. The molecule has 0 radical (unpaired) electrons. The summed E-state index contributed by atoms with van der Waals surface area (Å²) in [6.07, 6.45) is 0.984. The van der Waals surface area contributed by atoms with Crippen LogP contribution >= 0.6 is 0 Å². The molecule has 0 bridgehead atoms. The normalized spacial score (nSPS) is 15.8. The molecule has 1 amide bonds. The number of rotatable bonds is 6. The molecule has 0 saturated carbocycles. The van der Waals surface area contributed by atoms with Crippen molar-refractivity contribution in [2.75, 3.05) is 46.4 Å². The standard InChI is InChI=1S/C16H24N2O3/c1-3-12-20-14-4-6-15(7-5-14)21-13-16(19)18-10-8-17(2)9-11-18/h4-7H,3,8-13H2,1-2H3. The fourth-order valence-electron chi connectivity index (χ4n) is 2.14. The first-order chi connectivity index (χ1) is 10.2. The van der Waals surface area contributed by atoms with Crippen LogP contribution in [-0.2, 0) is 4.79 Å². The van der Waals surface area contributed by atoms with Crippen molar-refractivity contribution in [3.63, 3.8) is 0 Å². The molecule has 0 spiro atoms. The van der Waals surface area contributed by atoms with Gasteiger partial charge in [-0.05, 0) is 37.7 Å². The Morgan fingerprint density at radius 1 is 1.05 bits per heavy atom. The highest BCUT2D eigenvalue weighted by molar-refractivity contribution is 5.77. The van der Waals surface area contributed by atoms with Gasteiger partial charge in [0.05, 0.1) is 6.61 Å². The molecule has 0 N–H and O–H groups in total. The van der Waals surface area contributed by atoms with Crippen molar-refractivity contribution in [3.8, 4) is 11.5 Å². The lowest BCUT2D eigenvalue weighted by Gasteiger charge is -2.32. The quantitative estimate of drug-likeness (QED) is 0.799. The number of carbonyl (C=O) groups excluding carboxylic acids is 1. The molecular formula is C16H24N2O3. The Bertz CT molecular complexity index is 439. The van der Waals surface area contributed by atoms with Crippen molar-refractivity contribution in [2.45, 2.75) is 13.3 Å². The lowest BCUT2D eigenvalue weighted by Crippen LogP contribution is -2.48. The monoisotopic (exact) mass is 292 g/mol. The minimum atomic E-state index is 0.0504. The van der Waals surface area contributed by atoms with Crippen LogP contribution in [0.2, 0.25) is 0 Å². The van der Waals surface area contributed by atoms with Crippen molar-refractivity contribution in [1.29, 1.82) is 0 Å². The van der Waals surface area contributed by atoms with Gasteiger partial charge in [0.25, 0.3) is 5.91 Å². The van der Waals surface area contributed by atoms with Gasteiger partial charge in [-0.1, -0.05) is 6.92 Å². The zero-order chi connectivity index (χ0) is 15.1. The second-order valence-electron chi connectivity index (χ2n) is 5.29. The molecule has 1 heterocycles. The first-order valence-corrected chi connectivity index (χ1v) is 7.51. The van der Waals surface area contributed by atoms with Crippen LogP contribution in [-0.4, -0.2) is 62.1 Å². The van der Waals surface area contributed by atoms with Crippen molar-refractivity contribution in [3.05, 3.63) is 24.3 Å². The molecule has 1 aliphatic heterocycles. The molecule has 1 aromatic rings. The van der Waals surface area contributed by atoms with Crippen LogP contribution in [0.25, 0.3) is 0 Å². The summed E-state index contributed by atoms with van der Waals surface area (Å²) in [4.78, 5) is 16.1. The van der Waals surface area contributed by atoms with Crippen LogP contribution in [0.15, 0.2) is 24.3 Å². The maximum atomic E-state index is 12.0. The van der Waals surface area contributed by atoms with E-state index in [4.69, 9.17) is 9.47 Å². The highest BCUT2D eigenvalue weighted by Crippen LogP contribution is 2.17. The van der Waals surface area contributed by atoms with Gasteiger partial charge < -0.3 is 19.3 Å². The van der Waals surface area contributed by atoms with Crippen molar-refractivity contribution >= 4 is 5.91 Å². The third-order valence-electron chi connectivity index (χ3n) is 3.51. The predicted molar refractivity (Wildman–Crippen MR) is 81.8 cm³/mol. The number of likely N-dealkylation sites (N-methyl/N-ethyl adjacent to an activating group) is 1. The summed E-state index contributed by atoms with van der Waals surface area (Å²) in [5.41, 5.74) is 0. The summed E-state index contributed by atoms with van der Waals surface area (Å²) >= 11 is 0. The van der Waals surface area contributed by atoms with E-state index in [1.165, 1.54) is 0 Å². The third kappa shape index (κ3) is 4.93. The van der Waals surface area contributed by atoms with E-state index in [0.717, 1.165) is 38.3 Å². The summed E-state index contributed by atoms with van der Waals surface area (Å²) in [6.45, 7) is 6.29. The van der Waals surface area contributed by atoms with Gasteiger partial charge in [0.15, 0.2) is 6.61 Å². The molecule has 0 aliphatic carbocycles. The highest BCUT2D eigenvalue weighted by Gasteiger charge is 2.19. The number of nitrogens with zero attached hydrogens (tertiary/aromatic N) is 2. The molecule has 5 heteroatoms. The maximum absolute atomic E-state index is 12.0. The lowest BCUT2D eigenvalue weighted by atomic mass is 10.3. The Morgan fingerprint density at radius 3 is 2.19 bits per heavy atom. The minimum absolute atomic E-state index is 0.0504. The molecular weight excluding hydrogens is 268 g/mol. The van der Waals surface area contributed by atoms with Gasteiger partial charge >= 0.3 is 0 Å². The molecule has 1 fully saturated rings. The van der Waals surface area contributed by atoms with Crippen molar-refractivity contribution in [1.82, 2.24) is 9.80 Å². The fourth-order valence-corrected chi connectivity index (χ4v) is 2.14. The van der Waals surface area contributed by atoms with E-state index < -0.39 is 0 Å². The zero-order valence-corrected chi connectivity index (χ0v) is 12.9. The second kappa shape index (κ2) is 7.88. The first-order valence-electron chi connectivity index (χ1n) is 7.51. The molecule has 2 rings (SSSR count). The number of benzene rings is 1. The maximum Gasteiger partial charge on any atom is 0.260 e. The Morgan fingerprint density at radius 2 is 1.62 bits per heavy atom. The molecule has 5 nitrogen and oxygen atoms in total. The number of ether oxygens (including phenoxy) is 2. The van der Waals surface area contributed by atoms with Crippen LogP contribution in [0.3, 0.4) is 0 Å². The van der Waals surface area contributed by atoms with E-state index in [9.17, 15) is 4.79 Å². The third-order valence-corrected chi connectivity index (χ3v) is 3.51. The van der Waals surface area contributed by atoms with Crippen LogP contribution in [0, 0.1) is 0 Å². The average molecular weight is 292 g/mol. The van der Waals surface area contributed by atoms with Gasteiger partial charge in [-0.25, -0.2) is 0 Å². The molecule has 1 saturated heterocycles. The van der Waals surface area contributed by atoms with Crippen LogP contribution in [0.5, 0.6) is 11.5 Å². The summed E-state index contributed by atoms with van der Waals surface area (Å²) in [5, 5.41) is 0. The number of hydrogen-bond donors (Lipinski definition) is 0. The Hall–Kier alpha value is -1.75. The number of hydrogen-bond acceptors (Lipinski definition) is 4.